The monoisotopic (exact) mass is 202 g/mol. The summed E-state index contributed by atoms with van der Waals surface area (Å²) in [6.07, 6.45) is 0.405. The van der Waals surface area contributed by atoms with Crippen LogP contribution in [0.1, 0.15) is 25.8 Å². The predicted octanol–water partition coefficient (Wildman–Crippen LogP) is 2.38. The minimum Gasteiger partial charge on any atom is -0.449 e. The zero-order chi connectivity index (χ0) is 11.1. The molecule has 0 aliphatic carbocycles. The molecule has 0 N–H and O–H groups in total. The van der Waals surface area contributed by atoms with Gasteiger partial charge in [-0.2, -0.15) is 0 Å². The summed E-state index contributed by atoms with van der Waals surface area (Å²) in [5.74, 6) is 5.61. The number of carbonyl (C=O) groups excluding carboxylic acids is 1. The molecule has 1 unspecified atom stereocenters. The van der Waals surface area contributed by atoms with Crippen LogP contribution in [-0.2, 0) is 9.53 Å². The quantitative estimate of drug-likeness (QED) is 0.543. The van der Waals surface area contributed by atoms with Gasteiger partial charge in [-0.15, -0.1) is 0 Å². The Labute approximate surface area is 90.3 Å². The van der Waals surface area contributed by atoms with E-state index in [1.165, 1.54) is 6.92 Å². The molecule has 1 rings (SSSR count). The highest BCUT2D eigenvalue weighted by atomic mass is 16.5. The number of esters is 1. The van der Waals surface area contributed by atoms with Crippen LogP contribution in [0, 0.1) is 11.8 Å². The van der Waals surface area contributed by atoms with E-state index in [2.05, 4.69) is 11.8 Å². The molecule has 78 valence electrons. The molecule has 0 aliphatic heterocycles. The summed E-state index contributed by atoms with van der Waals surface area (Å²) in [6, 6.07) is 9.64. The highest BCUT2D eigenvalue weighted by molar-refractivity contribution is 5.66. The van der Waals surface area contributed by atoms with Gasteiger partial charge in [0.2, 0.25) is 0 Å². The van der Waals surface area contributed by atoms with Crippen molar-refractivity contribution in [1.29, 1.82) is 0 Å². The summed E-state index contributed by atoms with van der Waals surface area (Å²) in [5.41, 5.74) is 0.933. The number of benzene rings is 1. The zero-order valence-electron chi connectivity index (χ0n) is 8.99. The van der Waals surface area contributed by atoms with Gasteiger partial charge in [0.05, 0.1) is 0 Å². The third kappa shape index (κ3) is 4.33. The van der Waals surface area contributed by atoms with E-state index >= 15 is 0 Å². The second kappa shape index (κ2) is 5.87. The first kappa shape index (κ1) is 11.3. The molecule has 0 spiro atoms. The van der Waals surface area contributed by atoms with Crippen molar-refractivity contribution in [3.63, 3.8) is 0 Å². The van der Waals surface area contributed by atoms with Crippen molar-refractivity contribution in [2.24, 2.45) is 0 Å². The molecule has 2 nitrogen and oxygen atoms in total. The third-order valence-electron chi connectivity index (χ3n) is 1.83. The molecule has 0 aromatic heterocycles. The normalized spacial score (nSPS) is 11.1. The van der Waals surface area contributed by atoms with E-state index in [-0.39, 0.29) is 12.1 Å². The lowest BCUT2D eigenvalue weighted by atomic mass is 10.2. The molecule has 0 radical (unpaired) electrons. The lowest BCUT2D eigenvalue weighted by molar-refractivity contribution is -0.143. The average Bonchev–Trinajstić information content (AvgIpc) is 2.25. The SMILES string of the molecule is CCC(C#Cc1ccccc1)OC(C)=O. The van der Waals surface area contributed by atoms with Crippen molar-refractivity contribution < 1.29 is 9.53 Å². The van der Waals surface area contributed by atoms with Crippen LogP contribution >= 0.6 is 0 Å². The first-order valence-electron chi connectivity index (χ1n) is 4.96. The van der Waals surface area contributed by atoms with Gasteiger partial charge < -0.3 is 4.74 Å². The maximum Gasteiger partial charge on any atom is 0.303 e. The van der Waals surface area contributed by atoms with Crippen molar-refractivity contribution in [3.8, 4) is 11.8 Å². The van der Waals surface area contributed by atoms with Crippen LogP contribution in [0.5, 0.6) is 0 Å². The third-order valence-corrected chi connectivity index (χ3v) is 1.83. The predicted molar refractivity (Wildman–Crippen MR) is 59.2 cm³/mol. The molecule has 0 bridgehead atoms. The number of carbonyl (C=O) groups is 1. The van der Waals surface area contributed by atoms with Crippen molar-refractivity contribution >= 4 is 5.97 Å². The molecule has 0 saturated heterocycles. The molecule has 0 fully saturated rings. The minimum atomic E-state index is -0.303. The van der Waals surface area contributed by atoms with E-state index in [0.29, 0.717) is 6.42 Å². The van der Waals surface area contributed by atoms with E-state index in [0.717, 1.165) is 5.56 Å². The molecular formula is C13H14O2. The maximum absolute atomic E-state index is 10.7. The molecule has 1 atom stereocenters. The molecule has 15 heavy (non-hydrogen) atoms. The second-order valence-corrected chi connectivity index (χ2v) is 3.14. The Balaban J connectivity index is 2.66. The summed E-state index contributed by atoms with van der Waals surface area (Å²) in [6.45, 7) is 3.33. The Morgan fingerprint density at radius 1 is 1.40 bits per heavy atom. The highest BCUT2D eigenvalue weighted by Gasteiger charge is 2.04. The van der Waals surface area contributed by atoms with Crippen LogP contribution in [0.25, 0.3) is 0 Å². The van der Waals surface area contributed by atoms with E-state index in [9.17, 15) is 4.79 Å². The minimum absolute atomic E-state index is 0.288. The molecule has 2 heteroatoms. The Bertz CT molecular complexity index is 371. The molecule has 0 aliphatic rings. The first-order chi connectivity index (χ1) is 7.22. The van der Waals surface area contributed by atoms with Crippen molar-refractivity contribution in [1.82, 2.24) is 0 Å². The Morgan fingerprint density at radius 2 is 2.07 bits per heavy atom. The fraction of sp³-hybridized carbons (Fsp3) is 0.308. The van der Waals surface area contributed by atoms with E-state index < -0.39 is 0 Å². The van der Waals surface area contributed by atoms with Gasteiger partial charge in [0.1, 0.15) is 0 Å². The lowest BCUT2D eigenvalue weighted by Gasteiger charge is -2.06. The molecular weight excluding hydrogens is 188 g/mol. The summed E-state index contributed by atoms with van der Waals surface area (Å²) in [7, 11) is 0. The Kier molecular flexibility index (Phi) is 4.43. The molecule has 0 heterocycles. The van der Waals surface area contributed by atoms with Gasteiger partial charge >= 0.3 is 5.97 Å². The standard InChI is InChI=1S/C13H14O2/c1-3-13(15-11(2)14)10-9-12-7-5-4-6-8-12/h4-8,13H,3H2,1-2H3. The van der Waals surface area contributed by atoms with Gasteiger partial charge in [-0.1, -0.05) is 37.0 Å². The smallest absolute Gasteiger partial charge is 0.303 e. The van der Waals surface area contributed by atoms with Crippen molar-refractivity contribution in [3.05, 3.63) is 35.9 Å². The first-order valence-corrected chi connectivity index (χ1v) is 4.96. The van der Waals surface area contributed by atoms with E-state index in [1.807, 2.05) is 37.3 Å². The summed E-state index contributed by atoms with van der Waals surface area (Å²) < 4.78 is 5.01. The van der Waals surface area contributed by atoms with E-state index in [1.54, 1.807) is 0 Å². The molecule has 0 saturated carbocycles. The van der Waals surface area contributed by atoms with Crippen LogP contribution < -0.4 is 0 Å². The fourth-order valence-electron chi connectivity index (χ4n) is 1.10. The van der Waals surface area contributed by atoms with Crippen LogP contribution in [0.15, 0.2) is 30.3 Å². The topological polar surface area (TPSA) is 26.3 Å². The number of hydrogen-bond donors (Lipinski definition) is 0. The molecule has 1 aromatic rings. The second-order valence-electron chi connectivity index (χ2n) is 3.14. The average molecular weight is 202 g/mol. The van der Waals surface area contributed by atoms with Crippen molar-refractivity contribution in [2.75, 3.05) is 0 Å². The lowest BCUT2D eigenvalue weighted by Crippen LogP contribution is -2.12. The summed E-state index contributed by atoms with van der Waals surface area (Å²) in [4.78, 5) is 10.7. The molecule has 0 amide bonds. The van der Waals surface area contributed by atoms with Crippen LogP contribution in [-0.4, -0.2) is 12.1 Å². The van der Waals surface area contributed by atoms with Gasteiger partial charge in [-0.05, 0) is 18.6 Å². The van der Waals surface area contributed by atoms with Crippen LogP contribution in [0.2, 0.25) is 0 Å². The highest BCUT2D eigenvalue weighted by Crippen LogP contribution is 1.99. The van der Waals surface area contributed by atoms with Gasteiger partial charge in [0, 0.05) is 12.5 Å². The Morgan fingerprint density at radius 3 is 2.60 bits per heavy atom. The van der Waals surface area contributed by atoms with Gasteiger partial charge in [0.25, 0.3) is 0 Å². The Hall–Kier alpha value is -1.75. The van der Waals surface area contributed by atoms with Gasteiger partial charge in [0.15, 0.2) is 6.10 Å². The van der Waals surface area contributed by atoms with Crippen LogP contribution in [0.3, 0.4) is 0 Å². The largest absolute Gasteiger partial charge is 0.449 e. The number of rotatable bonds is 2. The summed E-state index contributed by atoms with van der Waals surface area (Å²) in [5, 5.41) is 0. The van der Waals surface area contributed by atoms with Crippen molar-refractivity contribution in [2.45, 2.75) is 26.4 Å². The zero-order valence-corrected chi connectivity index (χ0v) is 8.99. The van der Waals surface area contributed by atoms with Crippen LogP contribution in [0.4, 0.5) is 0 Å². The maximum atomic E-state index is 10.7. The van der Waals surface area contributed by atoms with E-state index in [4.69, 9.17) is 4.74 Å². The number of ether oxygens (including phenoxy) is 1. The molecule has 1 aromatic carbocycles. The van der Waals surface area contributed by atoms with Gasteiger partial charge in [-0.25, -0.2) is 0 Å². The summed E-state index contributed by atoms with van der Waals surface area (Å²) >= 11 is 0. The number of hydrogen-bond acceptors (Lipinski definition) is 2. The van der Waals surface area contributed by atoms with Gasteiger partial charge in [-0.3, -0.25) is 4.79 Å². The fourth-order valence-corrected chi connectivity index (χ4v) is 1.10.